The van der Waals surface area contributed by atoms with Gasteiger partial charge in [-0.25, -0.2) is 0 Å². The van der Waals surface area contributed by atoms with Crippen LogP contribution in [-0.4, -0.2) is 40.8 Å². The van der Waals surface area contributed by atoms with Gasteiger partial charge in [0.15, 0.2) is 11.5 Å². The normalized spacial score (nSPS) is 16.4. The highest BCUT2D eigenvalue weighted by Crippen LogP contribution is 2.36. The van der Waals surface area contributed by atoms with E-state index in [0.717, 1.165) is 29.7 Å². The lowest BCUT2D eigenvalue weighted by Gasteiger charge is -2.30. The summed E-state index contributed by atoms with van der Waals surface area (Å²) in [4.78, 5) is 19.0. The summed E-state index contributed by atoms with van der Waals surface area (Å²) < 4.78 is 16.3. The Bertz CT molecular complexity index is 994. The van der Waals surface area contributed by atoms with Gasteiger partial charge in [-0.1, -0.05) is 23.4 Å². The highest BCUT2D eigenvalue weighted by atomic mass is 16.7. The summed E-state index contributed by atoms with van der Waals surface area (Å²) in [5.41, 5.74) is 1.56. The van der Waals surface area contributed by atoms with Gasteiger partial charge < -0.3 is 18.9 Å². The average molecular weight is 377 g/mol. The van der Waals surface area contributed by atoms with Gasteiger partial charge in [0.1, 0.15) is 0 Å². The van der Waals surface area contributed by atoms with Crippen molar-refractivity contribution in [3.63, 3.8) is 0 Å². The molecule has 1 fully saturated rings. The number of fused-ring (bicyclic) bond motifs is 1. The van der Waals surface area contributed by atoms with Gasteiger partial charge in [-0.3, -0.25) is 4.79 Å². The number of carbonyl (C=O) groups is 1. The van der Waals surface area contributed by atoms with E-state index in [9.17, 15) is 4.79 Å². The van der Waals surface area contributed by atoms with E-state index < -0.39 is 0 Å². The molecule has 0 atom stereocenters. The number of benzene rings is 2. The third-order valence-electron chi connectivity index (χ3n) is 5.22. The SMILES string of the molecule is O=C(c1ccccc1)N1CCC(c2nc(-c3ccc4c(c3)OCO4)no2)CC1. The molecule has 2 aromatic carbocycles. The maximum absolute atomic E-state index is 12.6. The van der Waals surface area contributed by atoms with Crippen LogP contribution in [0, 0.1) is 0 Å². The van der Waals surface area contributed by atoms with E-state index in [4.69, 9.17) is 14.0 Å². The molecule has 0 N–H and O–H groups in total. The first-order valence-electron chi connectivity index (χ1n) is 9.36. The lowest BCUT2D eigenvalue weighted by Crippen LogP contribution is -2.37. The number of hydrogen-bond acceptors (Lipinski definition) is 6. The van der Waals surface area contributed by atoms with E-state index in [-0.39, 0.29) is 18.6 Å². The van der Waals surface area contributed by atoms with E-state index in [0.29, 0.717) is 30.6 Å². The number of piperidine rings is 1. The predicted molar refractivity (Wildman–Crippen MR) is 100 cm³/mol. The Morgan fingerprint density at radius 1 is 1.00 bits per heavy atom. The molecule has 142 valence electrons. The van der Waals surface area contributed by atoms with Gasteiger partial charge in [-0.05, 0) is 43.2 Å². The van der Waals surface area contributed by atoms with Gasteiger partial charge in [0.05, 0.1) is 0 Å². The van der Waals surface area contributed by atoms with Gasteiger partial charge in [0, 0.05) is 30.1 Å². The van der Waals surface area contributed by atoms with E-state index >= 15 is 0 Å². The Kier molecular flexibility index (Phi) is 4.20. The number of aromatic nitrogens is 2. The van der Waals surface area contributed by atoms with Gasteiger partial charge in [0.2, 0.25) is 18.5 Å². The van der Waals surface area contributed by atoms with Crippen molar-refractivity contribution in [1.29, 1.82) is 0 Å². The summed E-state index contributed by atoms with van der Waals surface area (Å²) in [6.45, 7) is 1.59. The second-order valence-corrected chi connectivity index (χ2v) is 6.96. The number of nitrogens with zero attached hydrogens (tertiary/aromatic N) is 3. The van der Waals surface area contributed by atoms with Crippen molar-refractivity contribution < 1.29 is 18.8 Å². The molecule has 2 aliphatic heterocycles. The Hall–Kier alpha value is -3.35. The zero-order valence-electron chi connectivity index (χ0n) is 15.2. The fraction of sp³-hybridized carbons (Fsp3) is 0.286. The Morgan fingerprint density at radius 3 is 2.61 bits per heavy atom. The monoisotopic (exact) mass is 377 g/mol. The van der Waals surface area contributed by atoms with Crippen LogP contribution in [0.1, 0.15) is 35.0 Å². The first-order valence-corrected chi connectivity index (χ1v) is 9.36. The molecule has 0 spiro atoms. The summed E-state index contributed by atoms with van der Waals surface area (Å²) in [7, 11) is 0. The van der Waals surface area contributed by atoms with Crippen LogP contribution in [0.25, 0.3) is 11.4 Å². The Labute approximate surface area is 161 Å². The minimum atomic E-state index is 0.0747. The molecule has 1 saturated heterocycles. The summed E-state index contributed by atoms with van der Waals surface area (Å²) in [6.07, 6.45) is 1.61. The summed E-state index contributed by atoms with van der Waals surface area (Å²) in [5, 5.41) is 4.13. The molecular weight excluding hydrogens is 358 g/mol. The molecule has 5 rings (SSSR count). The molecule has 7 heteroatoms. The maximum Gasteiger partial charge on any atom is 0.253 e. The topological polar surface area (TPSA) is 77.7 Å². The van der Waals surface area contributed by atoms with E-state index in [1.165, 1.54) is 0 Å². The van der Waals surface area contributed by atoms with E-state index in [1.54, 1.807) is 0 Å². The largest absolute Gasteiger partial charge is 0.454 e. The quantitative estimate of drug-likeness (QED) is 0.695. The minimum absolute atomic E-state index is 0.0747. The van der Waals surface area contributed by atoms with E-state index in [1.807, 2.05) is 53.4 Å². The molecule has 1 aromatic heterocycles. The lowest BCUT2D eigenvalue weighted by atomic mass is 9.96. The van der Waals surface area contributed by atoms with Crippen molar-refractivity contribution in [3.05, 3.63) is 60.0 Å². The highest BCUT2D eigenvalue weighted by Gasteiger charge is 2.28. The van der Waals surface area contributed by atoms with Crippen molar-refractivity contribution in [3.8, 4) is 22.9 Å². The molecule has 0 saturated carbocycles. The molecule has 0 unspecified atom stereocenters. The van der Waals surface area contributed by atoms with Crippen molar-refractivity contribution in [1.82, 2.24) is 15.0 Å². The zero-order valence-corrected chi connectivity index (χ0v) is 15.2. The standard InChI is InChI=1S/C21H19N3O4/c25-21(15-4-2-1-3-5-15)24-10-8-14(9-11-24)20-22-19(23-28-20)16-6-7-17-18(12-16)27-13-26-17/h1-7,12,14H,8-11,13H2. The van der Waals surface area contributed by atoms with Crippen LogP contribution >= 0.6 is 0 Å². The first-order chi connectivity index (χ1) is 13.8. The number of ether oxygens (including phenoxy) is 2. The average Bonchev–Trinajstić information content (AvgIpc) is 3.43. The van der Waals surface area contributed by atoms with E-state index in [2.05, 4.69) is 10.1 Å². The highest BCUT2D eigenvalue weighted by molar-refractivity contribution is 5.94. The van der Waals surface area contributed by atoms with Gasteiger partial charge in [-0.15, -0.1) is 0 Å². The van der Waals surface area contributed by atoms with Crippen molar-refractivity contribution in [2.24, 2.45) is 0 Å². The van der Waals surface area contributed by atoms with Gasteiger partial charge in [-0.2, -0.15) is 4.98 Å². The van der Waals surface area contributed by atoms with Crippen LogP contribution in [0.2, 0.25) is 0 Å². The fourth-order valence-corrected chi connectivity index (χ4v) is 3.65. The van der Waals surface area contributed by atoms with Crippen LogP contribution in [0.15, 0.2) is 53.1 Å². The van der Waals surface area contributed by atoms with Crippen molar-refractivity contribution in [2.75, 3.05) is 19.9 Å². The van der Waals surface area contributed by atoms with Crippen LogP contribution in [0.3, 0.4) is 0 Å². The zero-order chi connectivity index (χ0) is 18.9. The second-order valence-electron chi connectivity index (χ2n) is 6.96. The van der Waals surface area contributed by atoms with Crippen LogP contribution in [-0.2, 0) is 0 Å². The lowest BCUT2D eigenvalue weighted by molar-refractivity contribution is 0.0704. The number of amides is 1. The number of rotatable bonds is 3. The van der Waals surface area contributed by atoms with Gasteiger partial charge >= 0.3 is 0 Å². The molecule has 0 bridgehead atoms. The fourth-order valence-electron chi connectivity index (χ4n) is 3.65. The molecule has 3 aromatic rings. The van der Waals surface area contributed by atoms with Crippen molar-refractivity contribution >= 4 is 5.91 Å². The van der Waals surface area contributed by atoms with Crippen LogP contribution in [0.4, 0.5) is 0 Å². The number of likely N-dealkylation sites (tertiary alicyclic amines) is 1. The van der Waals surface area contributed by atoms with Gasteiger partial charge in [0.25, 0.3) is 5.91 Å². The van der Waals surface area contributed by atoms with Crippen LogP contribution < -0.4 is 9.47 Å². The Morgan fingerprint density at radius 2 is 1.79 bits per heavy atom. The van der Waals surface area contributed by atoms with Crippen molar-refractivity contribution in [2.45, 2.75) is 18.8 Å². The number of carbonyl (C=O) groups excluding carboxylic acids is 1. The number of hydrogen-bond donors (Lipinski definition) is 0. The molecule has 0 aliphatic carbocycles. The predicted octanol–water partition coefficient (Wildman–Crippen LogP) is 3.49. The molecule has 28 heavy (non-hydrogen) atoms. The Balaban J connectivity index is 1.26. The van der Waals surface area contributed by atoms with Crippen LogP contribution in [0.5, 0.6) is 11.5 Å². The molecule has 1 amide bonds. The molecule has 0 radical (unpaired) electrons. The third kappa shape index (κ3) is 3.09. The molecule has 2 aliphatic rings. The second kappa shape index (κ2) is 6.99. The summed E-state index contributed by atoms with van der Waals surface area (Å²) in [5.74, 6) is 2.82. The summed E-state index contributed by atoms with van der Waals surface area (Å²) >= 11 is 0. The third-order valence-corrected chi connectivity index (χ3v) is 5.22. The molecule has 7 nitrogen and oxygen atoms in total. The maximum atomic E-state index is 12.6. The molecule has 3 heterocycles. The first kappa shape index (κ1) is 16.8. The minimum Gasteiger partial charge on any atom is -0.454 e. The smallest absolute Gasteiger partial charge is 0.253 e. The summed E-state index contributed by atoms with van der Waals surface area (Å²) in [6, 6.07) is 15.0. The molecular formula is C21H19N3O4.